The molecule has 1 aliphatic heterocycles. The third-order valence-electron chi connectivity index (χ3n) is 5.53. The maximum Gasteiger partial charge on any atom is 0.300 e. The molecule has 4 rings (SSSR count). The highest BCUT2D eigenvalue weighted by atomic mass is 16.5. The van der Waals surface area contributed by atoms with Gasteiger partial charge in [-0.15, -0.1) is 0 Å². The van der Waals surface area contributed by atoms with E-state index >= 15 is 0 Å². The molecule has 0 aliphatic carbocycles. The highest BCUT2D eigenvalue weighted by molar-refractivity contribution is 6.51. The fourth-order valence-electron chi connectivity index (χ4n) is 3.85. The van der Waals surface area contributed by atoms with Crippen LogP contribution in [0.5, 0.6) is 11.5 Å². The molecule has 1 aliphatic rings. The molecule has 0 bridgehead atoms. The number of hydrogen-bond donors (Lipinski definition) is 2. The number of carbonyl (C=O) groups is 2. The molecule has 1 amide bonds. The smallest absolute Gasteiger partial charge is 0.300 e. The average Bonchev–Trinajstić information content (AvgIpc) is 3.13. The summed E-state index contributed by atoms with van der Waals surface area (Å²) >= 11 is 0. The van der Waals surface area contributed by atoms with Gasteiger partial charge in [-0.1, -0.05) is 19.1 Å². The molecule has 7 heteroatoms. The summed E-state index contributed by atoms with van der Waals surface area (Å²) in [5.41, 5.74) is 1.65. The number of phenols is 1. The number of Topliss-reactive ketones (excluding diaryl/α,β-unsaturated/α-hetero) is 1. The van der Waals surface area contributed by atoms with Gasteiger partial charge in [0.25, 0.3) is 11.7 Å². The number of benzene rings is 3. The molecular weight excluding hydrogens is 432 g/mol. The lowest BCUT2D eigenvalue weighted by Crippen LogP contribution is -2.29. The molecule has 2 N–H and O–H groups in total. The van der Waals surface area contributed by atoms with E-state index in [1.807, 2.05) is 13.0 Å². The molecule has 1 atom stereocenters. The van der Waals surface area contributed by atoms with E-state index in [1.165, 1.54) is 17.0 Å². The average molecular weight is 454 g/mol. The molecule has 0 radical (unpaired) electrons. The normalized spacial score (nSPS) is 16.9. The lowest BCUT2D eigenvalue weighted by atomic mass is 9.95. The highest BCUT2D eigenvalue weighted by Gasteiger charge is 2.46. The molecule has 1 saturated heterocycles. The van der Waals surface area contributed by atoms with Gasteiger partial charge in [0.15, 0.2) is 0 Å². The van der Waals surface area contributed by atoms with Gasteiger partial charge in [-0.05, 0) is 72.6 Å². The summed E-state index contributed by atoms with van der Waals surface area (Å²) in [6.45, 7) is 2.55. The summed E-state index contributed by atoms with van der Waals surface area (Å²) in [6.07, 6.45) is 0.854. The minimum atomic E-state index is -0.926. The van der Waals surface area contributed by atoms with Crippen LogP contribution >= 0.6 is 0 Å². The molecule has 7 nitrogen and oxygen atoms in total. The monoisotopic (exact) mass is 454 g/mol. The van der Waals surface area contributed by atoms with Crippen molar-refractivity contribution in [2.24, 2.45) is 0 Å². The summed E-state index contributed by atoms with van der Waals surface area (Å²) in [5.74, 6) is -1.28. The van der Waals surface area contributed by atoms with Crippen molar-refractivity contribution < 1.29 is 24.5 Å². The van der Waals surface area contributed by atoms with Crippen LogP contribution in [-0.2, 0) is 9.59 Å². The van der Waals surface area contributed by atoms with Crippen LogP contribution in [0.4, 0.5) is 5.69 Å². The molecule has 1 unspecified atom stereocenters. The van der Waals surface area contributed by atoms with Crippen molar-refractivity contribution in [2.45, 2.75) is 19.4 Å². The van der Waals surface area contributed by atoms with E-state index in [2.05, 4.69) is 0 Å². The molecule has 3 aromatic carbocycles. The Hall–Kier alpha value is -4.57. The fraction of sp³-hybridized carbons (Fsp3) is 0.148. The van der Waals surface area contributed by atoms with Gasteiger partial charge < -0.3 is 14.9 Å². The maximum atomic E-state index is 13.2. The number of ketones is 1. The zero-order chi connectivity index (χ0) is 24.2. The van der Waals surface area contributed by atoms with E-state index < -0.39 is 17.7 Å². The van der Waals surface area contributed by atoms with E-state index in [0.29, 0.717) is 34.7 Å². The van der Waals surface area contributed by atoms with Crippen molar-refractivity contribution in [3.8, 4) is 17.6 Å². The quantitative estimate of drug-likeness (QED) is 0.318. The topological polar surface area (TPSA) is 111 Å². The van der Waals surface area contributed by atoms with Gasteiger partial charge in [0, 0.05) is 11.3 Å². The summed E-state index contributed by atoms with van der Waals surface area (Å²) in [4.78, 5) is 27.6. The number of carbonyl (C=O) groups excluding carboxylic acids is 2. The minimum absolute atomic E-state index is 0.0294. The fourth-order valence-corrected chi connectivity index (χ4v) is 3.85. The third-order valence-corrected chi connectivity index (χ3v) is 5.53. The van der Waals surface area contributed by atoms with Gasteiger partial charge >= 0.3 is 0 Å². The number of aliphatic hydroxyl groups is 1. The van der Waals surface area contributed by atoms with Gasteiger partial charge in [-0.3, -0.25) is 14.5 Å². The van der Waals surface area contributed by atoms with Crippen molar-refractivity contribution in [3.05, 3.63) is 95.1 Å². The number of ether oxygens (including phenoxy) is 1. The molecule has 3 aromatic rings. The summed E-state index contributed by atoms with van der Waals surface area (Å²) < 4.78 is 5.58. The number of amides is 1. The zero-order valence-electron chi connectivity index (χ0n) is 18.4. The number of rotatable bonds is 6. The number of phenolic OH excluding ortho intramolecular Hbond substituents is 1. The summed E-state index contributed by atoms with van der Waals surface area (Å²) in [5, 5.41) is 30.0. The van der Waals surface area contributed by atoms with Gasteiger partial charge in [0.2, 0.25) is 0 Å². The second-order valence-electron chi connectivity index (χ2n) is 7.79. The van der Waals surface area contributed by atoms with E-state index in [0.717, 1.165) is 6.42 Å². The van der Waals surface area contributed by atoms with Crippen molar-refractivity contribution in [3.63, 3.8) is 0 Å². The summed E-state index contributed by atoms with van der Waals surface area (Å²) in [7, 11) is 0. The molecule has 1 heterocycles. The number of nitriles is 1. The van der Waals surface area contributed by atoms with Crippen molar-refractivity contribution in [1.29, 1.82) is 5.26 Å². The Morgan fingerprint density at radius 3 is 2.24 bits per heavy atom. The maximum absolute atomic E-state index is 13.2. The number of anilines is 1. The molecule has 0 aromatic heterocycles. The number of hydrogen-bond acceptors (Lipinski definition) is 6. The lowest BCUT2D eigenvalue weighted by Gasteiger charge is -2.25. The van der Waals surface area contributed by atoms with Crippen LogP contribution in [0.1, 0.15) is 36.1 Å². The van der Waals surface area contributed by atoms with Crippen LogP contribution in [0, 0.1) is 11.3 Å². The molecular formula is C27H22N2O5. The predicted octanol–water partition coefficient (Wildman–Crippen LogP) is 4.68. The Kier molecular flexibility index (Phi) is 6.33. The number of nitrogens with zero attached hydrogens (tertiary/aromatic N) is 2. The Morgan fingerprint density at radius 2 is 1.65 bits per heavy atom. The Morgan fingerprint density at radius 1 is 1.00 bits per heavy atom. The second kappa shape index (κ2) is 9.51. The largest absolute Gasteiger partial charge is 0.508 e. The highest BCUT2D eigenvalue weighted by Crippen LogP contribution is 2.42. The van der Waals surface area contributed by atoms with E-state index in [1.54, 1.807) is 60.7 Å². The van der Waals surface area contributed by atoms with Crippen molar-refractivity contribution >= 4 is 23.1 Å². The number of aliphatic hydroxyl groups excluding tert-OH is 1. The molecule has 1 fully saturated rings. The minimum Gasteiger partial charge on any atom is -0.508 e. The SMILES string of the molecule is CCCOc1ccc(/C(O)=C2\C(=O)C(=O)N(c3ccc(C#N)cc3)C2c2ccc(O)cc2)cc1. The van der Waals surface area contributed by atoms with Gasteiger partial charge in [0.1, 0.15) is 17.3 Å². The standard InChI is InChI=1S/C27H22N2O5/c1-2-15-34-22-13-7-19(8-14-22)25(31)23-24(18-5-11-21(30)12-6-18)29(27(33)26(23)32)20-9-3-17(16-28)4-10-20/h3-14,24,30-31H,2,15H2,1H3/b25-23+. The lowest BCUT2D eigenvalue weighted by molar-refractivity contribution is -0.132. The first-order valence-corrected chi connectivity index (χ1v) is 10.8. The van der Waals surface area contributed by atoms with Crippen LogP contribution in [-0.4, -0.2) is 28.5 Å². The van der Waals surface area contributed by atoms with Gasteiger partial charge in [-0.25, -0.2) is 0 Å². The zero-order valence-corrected chi connectivity index (χ0v) is 18.4. The van der Waals surface area contributed by atoms with E-state index in [-0.39, 0.29) is 17.1 Å². The Balaban J connectivity index is 1.84. The van der Waals surface area contributed by atoms with Crippen LogP contribution in [0.3, 0.4) is 0 Å². The molecule has 0 spiro atoms. The van der Waals surface area contributed by atoms with Crippen molar-refractivity contribution in [1.82, 2.24) is 0 Å². The van der Waals surface area contributed by atoms with Crippen LogP contribution in [0.2, 0.25) is 0 Å². The Bertz CT molecular complexity index is 1290. The second-order valence-corrected chi connectivity index (χ2v) is 7.79. The first-order valence-electron chi connectivity index (χ1n) is 10.8. The molecule has 170 valence electrons. The van der Waals surface area contributed by atoms with Crippen LogP contribution < -0.4 is 9.64 Å². The first-order chi connectivity index (χ1) is 16.4. The van der Waals surface area contributed by atoms with E-state index in [9.17, 15) is 19.8 Å². The molecule has 34 heavy (non-hydrogen) atoms. The van der Waals surface area contributed by atoms with Crippen molar-refractivity contribution in [2.75, 3.05) is 11.5 Å². The predicted molar refractivity (Wildman–Crippen MR) is 126 cm³/mol. The molecule has 0 saturated carbocycles. The summed E-state index contributed by atoms with van der Waals surface area (Å²) in [6, 6.07) is 20.1. The van der Waals surface area contributed by atoms with Gasteiger partial charge in [0.05, 0.1) is 29.9 Å². The van der Waals surface area contributed by atoms with Crippen LogP contribution in [0.15, 0.2) is 78.4 Å². The van der Waals surface area contributed by atoms with Crippen LogP contribution in [0.25, 0.3) is 5.76 Å². The van der Waals surface area contributed by atoms with Gasteiger partial charge in [-0.2, -0.15) is 5.26 Å². The number of aromatic hydroxyl groups is 1. The first kappa shape index (κ1) is 22.6. The Labute approximate surface area is 196 Å². The van der Waals surface area contributed by atoms with E-state index in [4.69, 9.17) is 10.00 Å². The third kappa shape index (κ3) is 4.21.